The number of carbonyl (C=O) groups excluding carboxylic acids is 1. The van der Waals surface area contributed by atoms with Crippen molar-refractivity contribution in [3.8, 4) is 11.5 Å². The van der Waals surface area contributed by atoms with E-state index in [1.165, 1.54) is 6.07 Å². The highest BCUT2D eigenvalue weighted by Gasteiger charge is 2.23. The van der Waals surface area contributed by atoms with Gasteiger partial charge in [0.25, 0.3) is 5.91 Å². The molecule has 0 bridgehead atoms. The molecule has 30 heavy (non-hydrogen) atoms. The molecule has 0 aliphatic carbocycles. The lowest BCUT2D eigenvalue weighted by Crippen LogP contribution is -2.42. The van der Waals surface area contributed by atoms with E-state index in [9.17, 15) is 9.18 Å². The van der Waals surface area contributed by atoms with Crippen molar-refractivity contribution >= 4 is 33.2 Å². The van der Waals surface area contributed by atoms with Crippen LogP contribution in [0.3, 0.4) is 0 Å². The second kappa shape index (κ2) is 8.81. The molecular weight excluding hydrogens is 453 g/mol. The minimum atomic E-state index is -0.341. The number of fused-ring (bicyclic) bond motifs is 1. The third-order valence-electron chi connectivity index (χ3n) is 5.60. The topological polar surface area (TPSA) is 54.0 Å². The fourth-order valence-corrected chi connectivity index (χ4v) is 4.47. The zero-order valence-electron chi connectivity index (χ0n) is 17.1. The molecule has 2 aromatic carbocycles. The Morgan fingerprint density at radius 2 is 1.90 bits per heavy atom. The summed E-state index contributed by atoms with van der Waals surface area (Å²) in [5.74, 6) is 0.431. The van der Waals surface area contributed by atoms with Crippen LogP contribution in [0.1, 0.15) is 23.2 Å². The monoisotopic (exact) mass is 477 g/mol. The van der Waals surface area contributed by atoms with E-state index < -0.39 is 0 Å². The minimum Gasteiger partial charge on any atom is -0.486 e. The van der Waals surface area contributed by atoms with Crippen LogP contribution in [0.2, 0.25) is 0 Å². The Bertz CT molecular complexity index is 945. The molecule has 4 rings (SSSR count). The van der Waals surface area contributed by atoms with Crippen molar-refractivity contribution in [2.24, 2.45) is 0 Å². The standard InChI is InChI=1S/C22H25BrFN3O3/c1-26(2)16-5-7-27(8-6-16)19-4-3-15(13-18(19)24)25-22(28)14-11-17(23)21-20(12-14)29-9-10-30-21/h3-4,11-13,16H,5-10H2,1-2H3,(H,25,28). The fourth-order valence-electron chi connectivity index (χ4n) is 3.91. The van der Waals surface area contributed by atoms with Crippen LogP contribution in [-0.4, -0.2) is 57.2 Å². The Hall–Kier alpha value is -2.32. The number of nitrogens with one attached hydrogen (secondary N) is 1. The summed E-state index contributed by atoms with van der Waals surface area (Å²) < 4.78 is 26.5. The molecular formula is C22H25BrFN3O3. The number of hydrogen-bond donors (Lipinski definition) is 1. The van der Waals surface area contributed by atoms with Crippen LogP contribution >= 0.6 is 15.9 Å². The molecule has 0 saturated carbocycles. The molecule has 0 radical (unpaired) electrons. The van der Waals surface area contributed by atoms with Gasteiger partial charge in [-0.15, -0.1) is 0 Å². The Morgan fingerprint density at radius 3 is 2.60 bits per heavy atom. The van der Waals surface area contributed by atoms with Gasteiger partial charge in [0.15, 0.2) is 11.5 Å². The molecule has 2 aromatic rings. The van der Waals surface area contributed by atoms with Gasteiger partial charge in [-0.25, -0.2) is 4.39 Å². The highest BCUT2D eigenvalue weighted by atomic mass is 79.9. The Morgan fingerprint density at radius 1 is 1.17 bits per heavy atom. The van der Waals surface area contributed by atoms with E-state index in [0.717, 1.165) is 25.9 Å². The van der Waals surface area contributed by atoms with Crippen LogP contribution < -0.4 is 19.7 Å². The maximum absolute atomic E-state index is 14.8. The average Bonchev–Trinajstić information content (AvgIpc) is 2.74. The molecule has 0 aromatic heterocycles. The van der Waals surface area contributed by atoms with Crippen LogP contribution in [0, 0.1) is 5.82 Å². The summed E-state index contributed by atoms with van der Waals surface area (Å²) in [5, 5.41) is 2.76. The molecule has 8 heteroatoms. The largest absolute Gasteiger partial charge is 0.486 e. The number of piperidine rings is 1. The van der Waals surface area contributed by atoms with Crippen molar-refractivity contribution in [2.75, 3.05) is 50.6 Å². The zero-order valence-corrected chi connectivity index (χ0v) is 18.7. The van der Waals surface area contributed by atoms with Crippen molar-refractivity contribution in [1.29, 1.82) is 0 Å². The molecule has 2 aliphatic rings. The van der Waals surface area contributed by atoms with Gasteiger partial charge < -0.3 is 24.6 Å². The first-order valence-corrected chi connectivity index (χ1v) is 10.8. The predicted octanol–water partition coefficient (Wildman–Crippen LogP) is 4.14. The van der Waals surface area contributed by atoms with Crippen LogP contribution in [-0.2, 0) is 0 Å². The maximum atomic E-state index is 14.8. The summed E-state index contributed by atoms with van der Waals surface area (Å²) in [6, 6.07) is 8.69. The lowest BCUT2D eigenvalue weighted by atomic mass is 10.0. The van der Waals surface area contributed by atoms with Gasteiger partial charge in [0.05, 0.1) is 10.2 Å². The minimum absolute atomic E-state index is 0.334. The molecule has 2 aliphatic heterocycles. The number of nitrogens with zero attached hydrogens (tertiary/aromatic N) is 2. The smallest absolute Gasteiger partial charge is 0.255 e. The normalized spacial score (nSPS) is 16.6. The highest BCUT2D eigenvalue weighted by Crippen LogP contribution is 2.38. The van der Waals surface area contributed by atoms with Gasteiger partial charge in [-0.2, -0.15) is 0 Å². The van der Waals surface area contributed by atoms with E-state index >= 15 is 0 Å². The van der Waals surface area contributed by atoms with E-state index in [0.29, 0.717) is 52.2 Å². The molecule has 0 atom stereocenters. The third-order valence-corrected chi connectivity index (χ3v) is 6.19. The summed E-state index contributed by atoms with van der Waals surface area (Å²) in [5.41, 5.74) is 1.39. The Labute approximate surface area is 184 Å². The van der Waals surface area contributed by atoms with E-state index in [1.807, 2.05) is 0 Å². The number of ether oxygens (including phenoxy) is 2. The maximum Gasteiger partial charge on any atom is 0.255 e. The van der Waals surface area contributed by atoms with E-state index in [1.54, 1.807) is 24.3 Å². The number of amides is 1. The Balaban J connectivity index is 1.45. The van der Waals surface area contributed by atoms with Gasteiger partial charge in [0, 0.05) is 30.4 Å². The second-order valence-electron chi connectivity index (χ2n) is 7.78. The summed E-state index contributed by atoms with van der Waals surface area (Å²) >= 11 is 3.41. The van der Waals surface area contributed by atoms with Crippen LogP contribution in [0.4, 0.5) is 15.8 Å². The quantitative estimate of drug-likeness (QED) is 0.716. The van der Waals surface area contributed by atoms with Crippen molar-refractivity contribution in [1.82, 2.24) is 4.90 Å². The first-order valence-electron chi connectivity index (χ1n) is 10.0. The summed E-state index contributed by atoms with van der Waals surface area (Å²) in [7, 11) is 4.16. The van der Waals surface area contributed by atoms with E-state index in [-0.39, 0.29) is 11.7 Å². The average molecular weight is 478 g/mol. The number of carbonyl (C=O) groups is 1. The van der Waals surface area contributed by atoms with Crippen molar-refractivity contribution in [3.05, 3.63) is 46.2 Å². The molecule has 0 unspecified atom stereocenters. The first-order chi connectivity index (χ1) is 14.4. The molecule has 1 fully saturated rings. The van der Waals surface area contributed by atoms with Crippen LogP contribution in [0.5, 0.6) is 11.5 Å². The first kappa shape index (κ1) is 20.9. The van der Waals surface area contributed by atoms with E-state index in [2.05, 4.69) is 45.1 Å². The number of hydrogen-bond acceptors (Lipinski definition) is 5. The molecule has 1 saturated heterocycles. The summed E-state index contributed by atoms with van der Waals surface area (Å²) in [4.78, 5) is 17.0. The number of benzene rings is 2. The molecule has 6 nitrogen and oxygen atoms in total. The van der Waals surface area contributed by atoms with Gasteiger partial charge in [0.1, 0.15) is 19.0 Å². The second-order valence-corrected chi connectivity index (χ2v) is 8.64. The Kier molecular flexibility index (Phi) is 6.15. The highest BCUT2D eigenvalue weighted by molar-refractivity contribution is 9.10. The van der Waals surface area contributed by atoms with Crippen molar-refractivity contribution in [2.45, 2.75) is 18.9 Å². The lowest BCUT2D eigenvalue weighted by Gasteiger charge is -2.36. The van der Waals surface area contributed by atoms with Crippen molar-refractivity contribution in [3.63, 3.8) is 0 Å². The SMILES string of the molecule is CN(C)C1CCN(c2ccc(NC(=O)c3cc(Br)c4c(c3)OCCO4)cc2F)CC1. The molecule has 1 amide bonds. The number of halogens is 2. The number of anilines is 2. The number of rotatable bonds is 4. The summed E-state index contributed by atoms with van der Waals surface area (Å²) in [6.45, 7) is 2.53. The van der Waals surface area contributed by atoms with Crippen LogP contribution in [0.25, 0.3) is 0 Å². The molecule has 1 N–H and O–H groups in total. The van der Waals surface area contributed by atoms with Gasteiger partial charge in [-0.1, -0.05) is 0 Å². The molecule has 0 spiro atoms. The van der Waals surface area contributed by atoms with Crippen LogP contribution in [0.15, 0.2) is 34.8 Å². The zero-order chi connectivity index (χ0) is 21.3. The lowest BCUT2D eigenvalue weighted by molar-refractivity contribution is 0.102. The van der Waals surface area contributed by atoms with Gasteiger partial charge in [-0.3, -0.25) is 4.79 Å². The van der Waals surface area contributed by atoms with E-state index in [4.69, 9.17) is 9.47 Å². The molecule has 160 valence electrons. The predicted molar refractivity (Wildman–Crippen MR) is 118 cm³/mol. The van der Waals surface area contributed by atoms with Gasteiger partial charge in [-0.05, 0) is 73.2 Å². The van der Waals surface area contributed by atoms with Crippen molar-refractivity contribution < 1.29 is 18.7 Å². The summed E-state index contributed by atoms with van der Waals surface area (Å²) in [6.07, 6.45) is 2.01. The third kappa shape index (κ3) is 4.39. The fraction of sp³-hybridized carbons (Fsp3) is 0.409. The van der Waals surface area contributed by atoms with Gasteiger partial charge >= 0.3 is 0 Å². The molecule has 2 heterocycles. The van der Waals surface area contributed by atoms with Gasteiger partial charge in [0.2, 0.25) is 0 Å².